The van der Waals surface area contributed by atoms with Crippen LogP contribution in [-0.4, -0.2) is 45.7 Å². The molecule has 0 aromatic rings. The summed E-state index contributed by atoms with van der Waals surface area (Å²) in [6.45, 7) is -0.163. The molecule has 1 heterocycles. The van der Waals surface area contributed by atoms with E-state index in [9.17, 15) is 0 Å². The van der Waals surface area contributed by atoms with Gasteiger partial charge in [0.05, 0.1) is 12.6 Å². The van der Waals surface area contributed by atoms with Crippen molar-refractivity contribution >= 4 is 0 Å². The number of aliphatic hydroxyl groups excluding tert-OH is 4. The summed E-state index contributed by atoms with van der Waals surface area (Å²) in [5.74, 6) is -0.839. The molecule has 0 spiro atoms. The summed E-state index contributed by atoms with van der Waals surface area (Å²) in [6.07, 6.45) is -1.07. The molecular formula is C6H11NO4. The van der Waals surface area contributed by atoms with Gasteiger partial charge in [-0.15, -0.1) is 0 Å². The first-order chi connectivity index (χ1) is 5.16. The molecule has 0 fully saturated rings. The van der Waals surface area contributed by atoms with Gasteiger partial charge in [-0.1, -0.05) is 0 Å². The van der Waals surface area contributed by atoms with Gasteiger partial charge in [-0.25, -0.2) is 0 Å². The molecular weight excluding hydrogens is 150 g/mol. The molecule has 0 saturated carbocycles. The van der Waals surface area contributed by atoms with E-state index in [1.54, 1.807) is 0 Å². The third-order valence-corrected chi connectivity index (χ3v) is 1.65. The number of rotatable bonds is 1. The smallest absolute Gasteiger partial charge is 0.161 e. The minimum absolute atomic E-state index is 0.140. The normalized spacial score (nSPS) is 32.5. The third kappa shape index (κ3) is 1.45. The summed E-state index contributed by atoms with van der Waals surface area (Å²) >= 11 is 0. The molecule has 0 radical (unpaired) electrons. The Balaban J connectivity index is 2.78. The fourth-order valence-electron chi connectivity index (χ4n) is 0.947. The highest BCUT2D eigenvalue weighted by atomic mass is 16.3. The summed E-state index contributed by atoms with van der Waals surface area (Å²) in [5, 5.41) is 38.2. The second-order valence-corrected chi connectivity index (χ2v) is 2.43. The number of β-amino-alcohol motifs (C(OH)–C–C–N with tert-alkyl or cyclic N) is 1. The first-order valence-corrected chi connectivity index (χ1v) is 3.31. The summed E-state index contributed by atoms with van der Waals surface area (Å²) in [4.78, 5) is 0. The zero-order valence-corrected chi connectivity index (χ0v) is 5.86. The lowest BCUT2D eigenvalue weighted by molar-refractivity contribution is 0.0976. The highest BCUT2D eigenvalue weighted by molar-refractivity contribution is 5.14. The number of hydrogen-bond acceptors (Lipinski definition) is 5. The van der Waals surface area contributed by atoms with E-state index in [0.29, 0.717) is 0 Å². The first-order valence-electron chi connectivity index (χ1n) is 3.31. The predicted molar refractivity (Wildman–Crippen MR) is 37.2 cm³/mol. The van der Waals surface area contributed by atoms with E-state index in [1.807, 2.05) is 0 Å². The maximum atomic E-state index is 9.06. The predicted octanol–water partition coefficient (Wildman–Crippen LogP) is -1.36. The van der Waals surface area contributed by atoms with Crippen LogP contribution < -0.4 is 5.32 Å². The molecule has 0 aliphatic carbocycles. The molecule has 0 amide bonds. The van der Waals surface area contributed by atoms with Gasteiger partial charge in [0.15, 0.2) is 11.5 Å². The molecule has 1 aliphatic heterocycles. The van der Waals surface area contributed by atoms with E-state index < -0.39 is 17.9 Å². The molecule has 5 heteroatoms. The van der Waals surface area contributed by atoms with E-state index in [0.717, 1.165) is 0 Å². The van der Waals surface area contributed by atoms with Gasteiger partial charge in [0.1, 0.15) is 6.10 Å². The van der Waals surface area contributed by atoms with Crippen molar-refractivity contribution in [1.29, 1.82) is 0 Å². The van der Waals surface area contributed by atoms with Gasteiger partial charge in [0.2, 0.25) is 0 Å². The van der Waals surface area contributed by atoms with E-state index in [1.165, 1.54) is 0 Å². The maximum Gasteiger partial charge on any atom is 0.161 e. The molecule has 0 aromatic carbocycles. The van der Waals surface area contributed by atoms with Crippen molar-refractivity contribution in [2.75, 3.05) is 13.2 Å². The van der Waals surface area contributed by atoms with Crippen molar-refractivity contribution in [3.05, 3.63) is 11.5 Å². The summed E-state index contributed by atoms with van der Waals surface area (Å²) in [7, 11) is 0. The Labute approximate surface area is 63.6 Å². The van der Waals surface area contributed by atoms with Crippen molar-refractivity contribution < 1.29 is 20.4 Å². The van der Waals surface area contributed by atoms with Gasteiger partial charge < -0.3 is 25.7 Å². The summed E-state index contributed by atoms with van der Waals surface area (Å²) in [6, 6.07) is -0.654. The van der Waals surface area contributed by atoms with E-state index in [-0.39, 0.29) is 18.9 Å². The Morgan fingerprint density at radius 3 is 2.55 bits per heavy atom. The molecule has 0 saturated heterocycles. The highest BCUT2D eigenvalue weighted by Crippen LogP contribution is 2.12. The van der Waals surface area contributed by atoms with Crippen molar-refractivity contribution in [2.45, 2.75) is 12.1 Å². The summed E-state index contributed by atoms with van der Waals surface area (Å²) < 4.78 is 0. The van der Waals surface area contributed by atoms with Crippen LogP contribution in [0, 0.1) is 0 Å². The van der Waals surface area contributed by atoms with E-state index in [2.05, 4.69) is 5.32 Å². The SMILES string of the molecule is OCC1NCC(O)C(O)=C1O. The fourth-order valence-corrected chi connectivity index (χ4v) is 0.947. The Hall–Kier alpha value is -0.780. The van der Waals surface area contributed by atoms with Crippen LogP contribution in [0.2, 0.25) is 0 Å². The number of nitrogens with one attached hydrogen (secondary N) is 1. The standard InChI is InChI=1S/C6H11NO4/c8-2-3-5(10)6(11)4(9)1-7-3/h3-4,7-11H,1-2H2. The van der Waals surface area contributed by atoms with Crippen molar-refractivity contribution in [3.8, 4) is 0 Å². The van der Waals surface area contributed by atoms with Gasteiger partial charge >= 0.3 is 0 Å². The minimum atomic E-state index is -1.07. The van der Waals surface area contributed by atoms with Crippen LogP contribution in [0.25, 0.3) is 0 Å². The maximum absolute atomic E-state index is 9.06. The Bertz CT molecular complexity index is 179. The van der Waals surface area contributed by atoms with Gasteiger partial charge in [-0.2, -0.15) is 0 Å². The van der Waals surface area contributed by atoms with Crippen molar-refractivity contribution in [1.82, 2.24) is 5.32 Å². The minimum Gasteiger partial charge on any atom is -0.507 e. The van der Waals surface area contributed by atoms with Crippen molar-refractivity contribution in [3.63, 3.8) is 0 Å². The highest BCUT2D eigenvalue weighted by Gasteiger charge is 2.27. The second-order valence-electron chi connectivity index (χ2n) is 2.43. The molecule has 64 valence electrons. The zero-order valence-electron chi connectivity index (χ0n) is 5.86. The third-order valence-electron chi connectivity index (χ3n) is 1.65. The molecule has 0 aromatic heterocycles. The van der Waals surface area contributed by atoms with Gasteiger partial charge in [-0.3, -0.25) is 0 Å². The largest absolute Gasteiger partial charge is 0.507 e. The first kappa shape index (κ1) is 8.32. The summed E-state index contributed by atoms with van der Waals surface area (Å²) in [5.41, 5.74) is 0. The lowest BCUT2D eigenvalue weighted by Crippen LogP contribution is -2.45. The van der Waals surface area contributed by atoms with Crippen LogP contribution in [0.1, 0.15) is 0 Å². The number of hydrogen-bond donors (Lipinski definition) is 5. The van der Waals surface area contributed by atoms with Crippen LogP contribution in [0.5, 0.6) is 0 Å². The van der Waals surface area contributed by atoms with E-state index >= 15 is 0 Å². The van der Waals surface area contributed by atoms with Crippen LogP contribution >= 0.6 is 0 Å². The molecule has 11 heavy (non-hydrogen) atoms. The van der Waals surface area contributed by atoms with Crippen LogP contribution in [0.4, 0.5) is 0 Å². The lowest BCUT2D eigenvalue weighted by atomic mass is 10.1. The molecule has 0 bridgehead atoms. The second kappa shape index (κ2) is 3.08. The lowest BCUT2D eigenvalue weighted by Gasteiger charge is -2.25. The van der Waals surface area contributed by atoms with Crippen LogP contribution in [0.3, 0.4) is 0 Å². The molecule has 2 unspecified atom stereocenters. The van der Waals surface area contributed by atoms with E-state index in [4.69, 9.17) is 20.4 Å². The Morgan fingerprint density at radius 1 is 1.36 bits per heavy atom. The van der Waals surface area contributed by atoms with Gasteiger partial charge in [-0.05, 0) is 0 Å². The number of aliphatic hydroxyl groups is 4. The molecule has 2 atom stereocenters. The average Bonchev–Trinajstić information content (AvgIpc) is 2.01. The quantitative estimate of drug-likeness (QED) is 0.327. The van der Waals surface area contributed by atoms with Crippen LogP contribution in [-0.2, 0) is 0 Å². The fraction of sp³-hybridized carbons (Fsp3) is 0.667. The molecule has 5 N–H and O–H groups in total. The average molecular weight is 161 g/mol. The topological polar surface area (TPSA) is 93.0 Å². The molecule has 5 nitrogen and oxygen atoms in total. The van der Waals surface area contributed by atoms with Gasteiger partial charge in [0.25, 0.3) is 0 Å². The monoisotopic (exact) mass is 161 g/mol. The zero-order chi connectivity index (χ0) is 8.43. The Morgan fingerprint density at radius 2 is 2.00 bits per heavy atom. The van der Waals surface area contributed by atoms with Crippen molar-refractivity contribution in [2.24, 2.45) is 0 Å². The molecule has 1 aliphatic rings. The van der Waals surface area contributed by atoms with Gasteiger partial charge in [0, 0.05) is 6.54 Å². The molecule has 1 rings (SSSR count). The van der Waals surface area contributed by atoms with Crippen LogP contribution in [0.15, 0.2) is 11.5 Å². The Kier molecular flexibility index (Phi) is 2.33.